The van der Waals surface area contributed by atoms with Crippen LogP contribution in [-0.2, 0) is 16.6 Å². The molecule has 0 aliphatic heterocycles. The Hall–Kier alpha value is -2.95. The van der Waals surface area contributed by atoms with Gasteiger partial charge in [-0.05, 0) is 35.9 Å². The first-order chi connectivity index (χ1) is 12.9. The van der Waals surface area contributed by atoms with E-state index in [0.29, 0.717) is 12.1 Å². The van der Waals surface area contributed by atoms with Gasteiger partial charge in [-0.3, -0.25) is 4.79 Å². The van der Waals surface area contributed by atoms with Crippen LogP contribution in [0.2, 0.25) is 0 Å². The maximum absolute atomic E-state index is 12.9. The van der Waals surface area contributed by atoms with E-state index in [2.05, 4.69) is 17.4 Å². The molecular formula is C20H21N3O3S. The Balaban J connectivity index is 2.31. The average Bonchev–Trinajstić information content (AvgIpc) is 2.67. The van der Waals surface area contributed by atoms with E-state index in [9.17, 15) is 13.2 Å². The maximum Gasteiger partial charge on any atom is 0.254 e. The highest BCUT2D eigenvalue weighted by molar-refractivity contribution is 7.89. The van der Waals surface area contributed by atoms with E-state index in [1.807, 2.05) is 6.07 Å². The highest BCUT2D eigenvalue weighted by Crippen LogP contribution is 2.16. The van der Waals surface area contributed by atoms with Crippen molar-refractivity contribution < 1.29 is 13.2 Å². The first-order valence-corrected chi connectivity index (χ1v) is 9.88. The third-order valence-corrected chi connectivity index (χ3v) is 5.34. The fourth-order valence-electron chi connectivity index (χ4n) is 2.59. The van der Waals surface area contributed by atoms with Crippen LogP contribution in [0.5, 0.6) is 0 Å². The lowest BCUT2D eigenvalue weighted by Gasteiger charge is -2.22. The monoisotopic (exact) mass is 383 g/mol. The maximum atomic E-state index is 12.9. The SMILES string of the molecule is C=CCN(Cc1cccc(C#N)c1)C(=O)c1cccc(S(=O)(=O)NCC)c1. The molecule has 7 heteroatoms. The Bertz CT molecular complexity index is 978. The lowest BCUT2D eigenvalue weighted by atomic mass is 10.1. The summed E-state index contributed by atoms with van der Waals surface area (Å²) in [6, 6.07) is 15.0. The number of nitrogens with one attached hydrogen (secondary N) is 1. The molecule has 1 amide bonds. The van der Waals surface area contributed by atoms with Crippen molar-refractivity contribution in [2.24, 2.45) is 0 Å². The number of hydrogen-bond acceptors (Lipinski definition) is 4. The van der Waals surface area contributed by atoms with Gasteiger partial charge in [-0.25, -0.2) is 13.1 Å². The van der Waals surface area contributed by atoms with Crippen LogP contribution in [0.1, 0.15) is 28.4 Å². The van der Waals surface area contributed by atoms with Gasteiger partial charge in [-0.2, -0.15) is 5.26 Å². The molecule has 2 rings (SSSR count). The van der Waals surface area contributed by atoms with Gasteiger partial charge in [0.15, 0.2) is 0 Å². The molecule has 2 aromatic rings. The van der Waals surface area contributed by atoms with Crippen LogP contribution in [-0.4, -0.2) is 32.3 Å². The van der Waals surface area contributed by atoms with E-state index < -0.39 is 10.0 Å². The van der Waals surface area contributed by atoms with E-state index in [1.54, 1.807) is 48.2 Å². The van der Waals surface area contributed by atoms with Crippen LogP contribution in [0, 0.1) is 11.3 Å². The first kappa shape index (κ1) is 20.4. The number of sulfonamides is 1. The number of carbonyl (C=O) groups excluding carboxylic acids is 1. The lowest BCUT2D eigenvalue weighted by molar-refractivity contribution is 0.0762. The second kappa shape index (κ2) is 9.12. The highest BCUT2D eigenvalue weighted by Gasteiger charge is 2.19. The molecular weight excluding hydrogens is 362 g/mol. The van der Waals surface area contributed by atoms with E-state index in [1.165, 1.54) is 12.1 Å². The van der Waals surface area contributed by atoms with Crippen molar-refractivity contribution in [3.63, 3.8) is 0 Å². The van der Waals surface area contributed by atoms with Crippen LogP contribution in [0.3, 0.4) is 0 Å². The first-order valence-electron chi connectivity index (χ1n) is 8.40. The topological polar surface area (TPSA) is 90.3 Å². The standard InChI is InChI=1S/C20H21N3O3S/c1-3-11-23(15-17-8-5-7-16(12-17)14-21)20(24)18-9-6-10-19(13-18)27(25,26)22-4-2/h3,5-10,12-13,22H,1,4,11,15H2,2H3. The quantitative estimate of drug-likeness (QED) is 0.710. The van der Waals surface area contributed by atoms with E-state index in [4.69, 9.17) is 5.26 Å². The van der Waals surface area contributed by atoms with Crippen LogP contribution in [0.25, 0.3) is 0 Å². The average molecular weight is 383 g/mol. The second-order valence-electron chi connectivity index (χ2n) is 5.82. The summed E-state index contributed by atoms with van der Waals surface area (Å²) >= 11 is 0. The zero-order valence-electron chi connectivity index (χ0n) is 15.1. The minimum atomic E-state index is -3.65. The molecule has 27 heavy (non-hydrogen) atoms. The summed E-state index contributed by atoms with van der Waals surface area (Å²) in [6.45, 7) is 6.21. The zero-order valence-corrected chi connectivity index (χ0v) is 15.9. The van der Waals surface area contributed by atoms with Crippen molar-refractivity contribution in [2.75, 3.05) is 13.1 Å². The summed E-state index contributed by atoms with van der Waals surface area (Å²) in [7, 11) is -3.65. The molecule has 0 aliphatic rings. The largest absolute Gasteiger partial charge is 0.331 e. The molecule has 0 fully saturated rings. The molecule has 6 nitrogen and oxygen atoms in total. The number of benzene rings is 2. The van der Waals surface area contributed by atoms with Gasteiger partial charge in [-0.15, -0.1) is 6.58 Å². The minimum absolute atomic E-state index is 0.0419. The summed E-state index contributed by atoms with van der Waals surface area (Å²) in [5.74, 6) is -0.314. The smallest absolute Gasteiger partial charge is 0.254 e. The van der Waals surface area contributed by atoms with Gasteiger partial charge in [0.05, 0.1) is 16.5 Å². The Kier molecular flexibility index (Phi) is 6.88. The van der Waals surface area contributed by atoms with Crippen LogP contribution in [0.4, 0.5) is 0 Å². The normalized spacial score (nSPS) is 10.8. The summed E-state index contributed by atoms with van der Waals surface area (Å²) in [5, 5.41) is 9.03. The van der Waals surface area contributed by atoms with Gasteiger partial charge in [0, 0.05) is 25.2 Å². The number of hydrogen-bond donors (Lipinski definition) is 1. The van der Waals surface area contributed by atoms with Gasteiger partial charge in [0.25, 0.3) is 5.91 Å². The van der Waals surface area contributed by atoms with Gasteiger partial charge in [0.1, 0.15) is 0 Å². The van der Waals surface area contributed by atoms with Crippen molar-refractivity contribution in [1.82, 2.24) is 9.62 Å². The third kappa shape index (κ3) is 5.26. The van der Waals surface area contributed by atoms with Gasteiger partial charge >= 0.3 is 0 Å². The summed E-state index contributed by atoms with van der Waals surface area (Å²) in [6.07, 6.45) is 1.60. The third-order valence-electron chi connectivity index (χ3n) is 3.79. The molecule has 0 radical (unpaired) electrons. The van der Waals surface area contributed by atoms with Crippen LogP contribution in [0.15, 0.2) is 66.1 Å². The fourth-order valence-corrected chi connectivity index (χ4v) is 3.67. The highest BCUT2D eigenvalue weighted by atomic mass is 32.2. The van der Waals surface area contributed by atoms with Crippen molar-refractivity contribution in [2.45, 2.75) is 18.4 Å². The van der Waals surface area contributed by atoms with E-state index in [-0.39, 0.29) is 29.5 Å². The minimum Gasteiger partial charge on any atom is -0.331 e. The predicted molar refractivity (Wildman–Crippen MR) is 103 cm³/mol. The molecule has 0 heterocycles. The van der Waals surface area contributed by atoms with Gasteiger partial charge in [-0.1, -0.05) is 31.2 Å². The van der Waals surface area contributed by atoms with Gasteiger partial charge < -0.3 is 4.90 Å². The van der Waals surface area contributed by atoms with E-state index in [0.717, 1.165) is 5.56 Å². The predicted octanol–water partition coefficient (Wildman–Crippen LogP) is 2.68. The molecule has 0 saturated heterocycles. The molecule has 1 N–H and O–H groups in total. The summed E-state index contributed by atoms with van der Waals surface area (Å²) in [4.78, 5) is 14.5. The number of nitriles is 1. The molecule has 0 spiro atoms. The van der Waals surface area contributed by atoms with Gasteiger partial charge in [0.2, 0.25) is 10.0 Å². The molecule has 0 aliphatic carbocycles. The molecule has 0 unspecified atom stereocenters. The Morgan fingerprint density at radius 1 is 1.26 bits per heavy atom. The fraction of sp³-hybridized carbons (Fsp3) is 0.200. The molecule has 0 saturated carbocycles. The van der Waals surface area contributed by atoms with Crippen LogP contribution >= 0.6 is 0 Å². The molecule has 140 valence electrons. The van der Waals surface area contributed by atoms with Crippen molar-refractivity contribution in [3.8, 4) is 6.07 Å². The van der Waals surface area contributed by atoms with Crippen molar-refractivity contribution in [3.05, 3.63) is 77.9 Å². The molecule has 0 aromatic heterocycles. The molecule has 0 atom stereocenters. The molecule has 0 bridgehead atoms. The zero-order chi connectivity index (χ0) is 19.9. The number of nitrogens with zero attached hydrogens (tertiary/aromatic N) is 2. The number of amides is 1. The summed E-state index contributed by atoms with van der Waals surface area (Å²) in [5.41, 5.74) is 1.59. The second-order valence-corrected chi connectivity index (χ2v) is 7.58. The number of carbonyl (C=O) groups is 1. The lowest BCUT2D eigenvalue weighted by Crippen LogP contribution is -2.31. The summed E-state index contributed by atoms with van der Waals surface area (Å²) < 4.78 is 26.8. The van der Waals surface area contributed by atoms with E-state index >= 15 is 0 Å². The van der Waals surface area contributed by atoms with Crippen molar-refractivity contribution >= 4 is 15.9 Å². The Morgan fingerprint density at radius 3 is 2.67 bits per heavy atom. The van der Waals surface area contributed by atoms with Crippen LogP contribution < -0.4 is 4.72 Å². The number of rotatable bonds is 8. The Labute approximate surface area is 159 Å². The van der Waals surface area contributed by atoms with Crippen molar-refractivity contribution in [1.29, 1.82) is 5.26 Å². The molecule has 2 aromatic carbocycles. The Morgan fingerprint density at radius 2 is 2.00 bits per heavy atom.